The molecule has 1 atom stereocenters. The van der Waals surface area contributed by atoms with Gasteiger partial charge in [-0.15, -0.1) is 0 Å². The monoisotopic (exact) mass is 285 g/mol. The minimum absolute atomic E-state index is 0.101. The third-order valence-electron chi connectivity index (χ3n) is 3.89. The summed E-state index contributed by atoms with van der Waals surface area (Å²) in [5.41, 5.74) is 7.98. The molecule has 1 aromatic carbocycles. The summed E-state index contributed by atoms with van der Waals surface area (Å²) < 4.78 is 0. The van der Waals surface area contributed by atoms with Crippen molar-refractivity contribution in [2.75, 3.05) is 33.2 Å². The topological polar surface area (TPSA) is 49.6 Å². The molecule has 1 fully saturated rings. The molecule has 0 aliphatic carbocycles. The molecule has 21 heavy (non-hydrogen) atoms. The number of hydrogen-bond acceptors (Lipinski definition) is 3. The van der Waals surface area contributed by atoms with Gasteiger partial charge in [-0.3, -0.25) is 4.79 Å². The van der Waals surface area contributed by atoms with Crippen molar-refractivity contribution in [3.63, 3.8) is 0 Å². The van der Waals surface area contributed by atoms with Gasteiger partial charge < -0.3 is 15.5 Å². The van der Waals surface area contributed by atoms with Crippen LogP contribution in [0.3, 0.4) is 0 Å². The lowest BCUT2D eigenvalue weighted by atomic mass is 10.0. The van der Waals surface area contributed by atoms with Crippen molar-refractivity contribution in [2.24, 2.45) is 5.73 Å². The van der Waals surface area contributed by atoms with Gasteiger partial charge in [-0.2, -0.15) is 0 Å². The molecule has 0 bridgehead atoms. The van der Waals surface area contributed by atoms with Gasteiger partial charge in [0.1, 0.15) is 0 Å². The van der Waals surface area contributed by atoms with Crippen LogP contribution in [0.1, 0.15) is 28.4 Å². The van der Waals surface area contributed by atoms with Crippen molar-refractivity contribution in [3.05, 3.63) is 34.9 Å². The summed E-state index contributed by atoms with van der Waals surface area (Å²) in [6, 6.07) is 6.00. The van der Waals surface area contributed by atoms with E-state index < -0.39 is 0 Å². The van der Waals surface area contributed by atoms with E-state index in [9.17, 15) is 4.79 Å². The number of nitrogens with zero attached hydrogens (tertiary/aromatic N) is 2. The highest BCUT2D eigenvalue weighted by atomic mass is 16.2. The first kappa shape index (κ1) is 15.6. The molecule has 0 aromatic heterocycles. The zero-order valence-corrected chi connectivity index (χ0v) is 13.0. The highest BCUT2D eigenvalue weighted by Gasteiger charge is 2.27. The third-order valence-corrected chi connectivity index (χ3v) is 3.89. The molecule has 1 heterocycles. The van der Waals surface area contributed by atoms with Gasteiger partial charge in [-0.25, -0.2) is 0 Å². The molecule has 0 radical (unpaired) electrons. The summed E-state index contributed by atoms with van der Waals surface area (Å²) in [4.78, 5) is 17.0. The summed E-state index contributed by atoms with van der Waals surface area (Å²) in [5.74, 6) is 5.93. The van der Waals surface area contributed by atoms with Gasteiger partial charge in [0.2, 0.25) is 0 Å². The fourth-order valence-corrected chi connectivity index (χ4v) is 2.68. The van der Waals surface area contributed by atoms with Gasteiger partial charge in [-0.1, -0.05) is 17.9 Å². The van der Waals surface area contributed by atoms with Crippen molar-refractivity contribution in [2.45, 2.75) is 19.9 Å². The number of hydrogen-bond donors (Lipinski definition) is 1. The fourth-order valence-electron chi connectivity index (χ4n) is 2.68. The van der Waals surface area contributed by atoms with Gasteiger partial charge in [0, 0.05) is 36.8 Å². The summed E-state index contributed by atoms with van der Waals surface area (Å²) in [5, 5.41) is 0. The summed E-state index contributed by atoms with van der Waals surface area (Å²) in [7, 11) is 2.09. The molecule has 0 spiro atoms. The Morgan fingerprint density at radius 1 is 1.43 bits per heavy atom. The molecule has 1 amide bonds. The maximum Gasteiger partial charge on any atom is 0.254 e. The molecule has 0 saturated carbocycles. The van der Waals surface area contributed by atoms with Crippen molar-refractivity contribution >= 4 is 5.91 Å². The van der Waals surface area contributed by atoms with Gasteiger partial charge in [0.25, 0.3) is 5.91 Å². The van der Waals surface area contributed by atoms with E-state index in [4.69, 9.17) is 5.73 Å². The van der Waals surface area contributed by atoms with E-state index in [1.807, 2.05) is 30.0 Å². The Morgan fingerprint density at radius 2 is 2.19 bits per heavy atom. The number of rotatable bonds is 1. The second-order valence-electron chi connectivity index (χ2n) is 5.65. The number of carbonyl (C=O) groups is 1. The lowest BCUT2D eigenvalue weighted by Crippen LogP contribution is -2.52. The van der Waals surface area contributed by atoms with Crippen LogP contribution in [0.25, 0.3) is 0 Å². The van der Waals surface area contributed by atoms with Crippen molar-refractivity contribution in [1.82, 2.24) is 9.80 Å². The van der Waals surface area contributed by atoms with Crippen LogP contribution in [0.15, 0.2) is 18.2 Å². The Kier molecular flexibility index (Phi) is 5.00. The van der Waals surface area contributed by atoms with Gasteiger partial charge in [-0.05, 0) is 38.6 Å². The number of likely N-dealkylation sites (N-methyl/N-ethyl adjacent to an activating group) is 1. The predicted octanol–water partition coefficient (Wildman–Crippen LogP) is 1.08. The lowest BCUT2D eigenvalue weighted by Gasteiger charge is -2.38. The first-order valence-electron chi connectivity index (χ1n) is 7.32. The van der Waals surface area contributed by atoms with E-state index in [-0.39, 0.29) is 11.9 Å². The quantitative estimate of drug-likeness (QED) is 0.786. The number of carbonyl (C=O) groups excluding carboxylic acids is 1. The Morgan fingerprint density at radius 3 is 2.86 bits per heavy atom. The predicted molar refractivity (Wildman–Crippen MR) is 85.1 cm³/mol. The average molecular weight is 285 g/mol. The molecular formula is C17H23N3O. The number of amides is 1. The van der Waals surface area contributed by atoms with E-state index in [2.05, 4.69) is 30.7 Å². The zero-order chi connectivity index (χ0) is 15.4. The molecule has 1 saturated heterocycles. The van der Waals surface area contributed by atoms with E-state index in [0.717, 1.165) is 36.3 Å². The Hall–Kier alpha value is -1.83. The lowest BCUT2D eigenvalue weighted by molar-refractivity contribution is 0.0533. The molecule has 4 heteroatoms. The minimum Gasteiger partial charge on any atom is -0.333 e. The average Bonchev–Trinajstić information content (AvgIpc) is 2.46. The number of piperazine rings is 1. The van der Waals surface area contributed by atoms with Crippen molar-refractivity contribution in [1.29, 1.82) is 0 Å². The summed E-state index contributed by atoms with van der Waals surface area (Å²) in [6.07, 6.45) is 0. The number of benzene rings is 1. The SMILES string of the molecule is Cc1ccc(C#CCN)cc1C(=O)N1CCN(C)CC1C. The first-order valence-corrected chi connectivity index (χ1v) is 7.32. The van der Waals surface area contributed by atoms with Crippen molar-refractivity contribution in [3.8, 4) is 11.8 Å². The van der Waals surface area contributed by atoms with Crippen LogP contribution < -0.4 is 5.73 Å². The van der Waals surface area contributed by atoms with Crippen molar-refractivity contribution < 1.29 is 4.79 Å². The summed E-state index contributed by atoms with van der Waals surface area (Å²) >= 11 is 0. The molecular weight excluding hydrogens is 262 g/mol. The minimum atomic E-state index is 0.101. The van der Waals surface area contributed by atoms with Gasteiger partial charge in [0.15, 0.2) is 0 Å². The van der Waals surface area contributed by atoms with Crippen LogP contribution in [0.2, 0.25) is 0 Å². The molecule has 1 unspecified atom stereocenters. The highest BCUT2D eigenvalue weighted by molar-refractivity contribution is 5.96. The van der Waals surface area contributed by atoms with Crippen LogP contribution in [0.4, 0.5) is 0 Å². The molecule has 1 aliphatic heterocycles. The summed E-state index contributed by atoms with van der Waals surface area (Å²) in [6.45, 7) is 7.00. The fraction of sp³-hybridized carbons (Fsp3) is 0.471. The third kappa shape index (κ3) is 3.63. The van der Waals surface area contributed by atoms with Gasteiger partial charge >= 0.3 is 0 Å². The number of aryl methyl sites for hydroxylation is 1. The molecule has 1 aromatic rings. The van der Waals surface area contributed by atoms with E-state index in [0.29, 0.717) is 6.54 Å². The molecule has 112 valence electrons. The van der Waals surface area contributed by atoms with Crippen LogP contribution >= 0.6 is 0 Å². The first-order chi connectivity index (χ1) is 10.0. The van der Waals surface area contributed by atoms with Crippen LogP contribution in [-0.4, -0.2) is 55.0 Å². The maximum atomic E-state index is 12.8. The largest absolute Gasteiger partial charge is 0.333 e. The zero-order valence-electron chi connectivity index (χ0n) is 13.0. The second kappa shape index (κ2) is 6.75. The Bertz CT molecular complexity index is 585. The maximum absolute atomic E-state index is 12.8. The smallest absolute Gasteiger partial charge is 0.254 e. The van der Waals surface area contributed by atoms with E-state index in [1.54, 1.807) is 0 Å². The molecule has 4 nitrogen and oxygen atoms in total. The Balaban J connectivity index is 2.26. The van der Waals surface area contributed by atoms with Crippen LogP contribution in [-0.2, 0) is 0 Å². The Labute approximate surface area is 126 Å². The molecule has 2 rings (SSSR count). The van der Waals surface area contributed by atoms with Crippen LogP contribution in [0.5, 0.6) is 0 Å². The molecule has 1 aliphatic rings. The van der Waals surface area contributed by atoms with E-state index in [1.165, 1.54) is 0 Å². The standard InChI is InChI=1S/C17H23N3O/c1-13-6-7-15(5-4-8-18)11-16(13)17(21)20-10-9-19(3)12-14(20)2/h6-7,11,14H,8-10,12,18H2,1-3H3. The second-order valence-corrected chi connectivity index (χ2v) is 5.65. The number of nitrogens with two attached hydrogens (primary N) is 1. The highest BCUT2D eigenvalue weighted by Crippen LogP contribution is 2.17. The van der Waals surface area contributed by atoms with Gasteiger partial charge in [0.05, 0.1) is 6.54 Å². The van der Waals surface area contributed by atoms with Crippen LogP contribution in [0, 0.1) is 18.8 Å². The van der Waals surface area contributed by atoms with E-state index >= 15 is 0 Å². The normalized spacial score (nSPS) is 19.0. The molecule has 2 N–H and O–H groups in total.